The molecule has 154 valence electrons. The van der Waals surface area contributed by atoms with E-state index in [1.807, 2.05) is 4.90 Å². The highest BCUT2D eigenvalue weighted by atomic mass is 32.2. The minimum absolute atomic E-state index is 0.0989. The van der Waals surface area contributed by atoms with Crippen molar-refractivity contribution in [1.29, 1.82) is 0 Å². The van der Waals surface area contributed by atoms with E-state index in [2.05, 4.69) is 0 Å². The largest absolute Gasteiger partial charge is 0.452 e. The normalized spacial score (nSPS) is 22.6. The first-order valence-electron chi connectivity index (χ1n) is 9.80. The molecule has 0 N–H and O–H groups in total. The maximum absolute atomic E-state index is 12.6. The number of carbonyl (C=O) groups is 2. The Morgan fingerprint density at radius 3 is 2.39 bits per heavy atom. The summed E-state index contributed by atoms with van der Waals surface area (Å²) in [5.74, 6) is -0.190. The number of carbonyl (C=O) groups excluding carboxylic acids is 2. The van der Waals surface area contributed by atoms with E-state index in [0.29, 0.717) is 5.92 Å². The molecular weight excluding hydrogens is 380 g/mol. The van der Waals surface area contributed by atoms with E-state index in [0.717, 1.165) is 30.1 Å². The summed E-state index contributed by atoms with van der Waals surface area (Å²) in [6.07, 6.45) is 6.77. The van der Waals surface area contributed by atoms with Gasteiger partial charge >= 0.3 is 5.97 Å². The van der Waals surface area contributed by atoms with Gasteiger partial charge in [0.15, 0.2) is 6.61 Å². The molecule has 1 heterocycles. The second kappa shape index (κ2) is 8.61. The van der Waals surface area contributed by atoms with Crippen LogP contribution < -0.4 is 0 Å². The highest BCUT2D eigenvalue weighted by Crippen LogP contribution is 2.35. The third kappa shape index (κ3) is 4.38. The lowest BCUT2D eigenvalue weighted by atomic mass is 9.78. The number of rotatable bonds is 5. The average molecular weight is 409 g/mol. The number of benzene rings is 1. The third-order valence-corrected chi connectivity index (χ3v) is 7.59. The molecule has 1 saturated carbocycles. The number of hydrogen-bond donors (Lipinski definition) is 0. The van der Waals surface area contributed by atoms with E-state index in [9.17, 15) is 18.0 Å². The lowest BCUT2D eigenvalue weighted by Crippen LogP contribution is -2.50. The average Bonchev–Trinajstić information content (AvgIpc) is 2.71. The Morgan fingerprint density at radius 2 is 1.71 bits per heavy atom. The molecule has 7 nitrogen and oxygen atoms in total. The van der Waals surface area contributed by atoms with Crippen LogP contribution in [0.5, 0.6) is 0 Å². The van der Waals surface area contributed by atoms with Gasteiger partial charge in [-0.1, -0.05) is 12.8 Å². The van der Waals surface area contributed by atoms with Gasteiger partial charge in [0.25, 0.3) is 5.91 Å². The Labute approximate surface area is 166 Å². The number of nitrogens with zero attached hydrogens (tertiary/aromatic N) is 2. The van der Waals surface area contributed by atoms with Gasteiger partial charge in [0.1, 0.15) is 0 Å². The molecule has 28 heavy (non-hydrogen) atoms. The number of fused-ring (bicyclic) bond motifs is 1. The summed E-state index contributed by atoms with van der Waals surface area (Å²) in [7, 11) is -0.661. The molecule has 1 saturated heterocycles. The molecule has 1 aliphatic carbocycles. The quantitative estimate of drug-likeness (QED) is 0.698. The zero-order chi connectivity index (χ0) is 20.3. The fourth-order valence-electron chi connectivity index (χ4n) is 4.20. The molecule has 2 fully saturated rings. The lowest BCUT2D eigenvalue weighted by molar-refractivity contribution is -0.140. The van der Waals surface area contributed by atoms with Crippen LogP contribution in [0.1, 0.15) is 48.9 Å². The maximum atomic E-state index is 12.6. The Bertz CT molecular complexity index is 818. The first-order valence-corrected chi connectivity index (χ1v) is 11.2. The van der Waals surface area contributed by atoms with Gasteiger partial charge in [-0.3, -0.25) is 4.79 Å². The standard InChI is InChI=1S/C20H28N2O5S/c1-21(2)28(25,26)17-11-9-16(10-12-17)20(24)27-14-19(23)22-13-5-7-15-6-3-4-8-18(15)22/h9-12,15,18H,3-8,13-14H2,1-2H3/t15-,18-/m0/s1. The molecule has 2 atom stereocenters. The van der Waals surface area contributed by atoms with Crippen molar-refractivity contribution in [2.75, 3.05) is 27.2 Å². The predicted molar refractivity (Wildman–Crippen MR) is 104 cm³/mol. The van der Waals surface area contributed by atoms with Crippen molar-refractivity contribution >= 4 is 21.9 Å². The Hall–Kier alpha value is -1.93. The number of sulfonamides is 1. The van der Waals surface area contributed by atoms with E-state index in [4.69, 9.17) is 4.74 Å². The molecule has 0 aromatic heterocycles. The molecule has 0 spiro atoms. The smallest absolute Gasteiger partial charge is 0.338 e. The van der Waals surface area contributed by atoms with Crippen molar-refractivity contribution in [3.63, 3.8) is 0 Å². The van der Waals surface area contributed by atoms with Crippen LogP contribution in [0.3, 0.4) is 0 Å². The molecular formula is C20H28N2O5S. The van der Waals surface area contributed by atoms with Crippen LogP contribution >= 0.6 is 0 Å². The van der Waals surface area contributed by atoms with Gasteiger partial charge < -0.3 is 9.64 Å². The van der Waals surface area contributed by atoms with Gasteiger partial charge in [0.2, 0.25) is 10.0 Å². The summed E-state index contributed by atoms with van der Waals surface area (Å²) < 4.78 is 30.5. The van der Waals surface area contributed by atoms with E-state index in [1.54, 1.807) is 0 Å². The number of likely N-dealkylation sites (tertiary alicyclic amines) is 1. The molecule has 1 aliphatic heterocycles. The Balaban J connectivity index is 1.58. The van der Waals surface area contributed by atoms with Crippen LogP contribution in [-0.4, -0.2) is 62.8 Å². The number of amides is 1. The van der Waals surface area contributed by atoms with Crippen molar-refractivity contribution in [2.24, 2.45) is 5.92 Å². The van der Waals surface area contributed by atoms with Crippen LogP contribution in [0, 0.1) is 5.92 Å². The summed E-state index contributed by atoms with van der Waals surface area (Å²) in [6, 6.07) is 5.82. The topological polar surface area (TPSA) is 84.0 Å². The fourth-order valence-corrected chi connectivity index (χ4v) is 5.10. The van der Waals surface area contributed by atoms with E-state index in [-0.39, 0.29) is 29.0 Å². The van der Waals surface area contributed by atoms with Crippen LogP contribution in [-0.2, 0) is 19.6 Å². The fraction of sp³-hybridized carbons (Fsp3) is 0.600. The Morgan fingerprint density at radius 1 is 1.07 bits per heavy atom. The molecule has 2 aliphatic rings. The van der Waals surface area contributed by atoms with E-state index in [1.165, 1.54) is 57.6 Å². The number of ether oxygens (including phenoxy) is 1. The van der Waals surface area contributed by atoms with Gasteiger partial charge in [-0.2, -0.15) is 0 Å². The van der Waals surface area contributed by atoms with Gasteiger partial charge in [0, 0.05) is 26.7 Å². The minimum Gasteiger partial charge on any atom is -0.452 e. The number of hydrogen-bond acceptors (Lipinski definition) is 5. The predicted octanol–water partition coefficient (Wildman–Crippen LogP) is 2.27. The van der Waals surface area contributed by atoms with Gasteiger partial charge in [0.05, 0.1) is 10.5 Å². The Kier molecular flexibility index (Phi) is 6.40. The van der Waals surface area contributed by atoms with Gasteiger partial charge in [-0.25, -0.2) is 17.5 Å². The summed E-state index contributed by atoms with van der Waals surface area (Å²) in [6.45, 7) is 0.453. The SMILES string of the molecule is CN(C)S(=O)(=O)c1ccc(C(=O)OCC(=O)N2CCC[C@@H]3CCCC[C@@H]32)cc1. The number of esters is 1. The van der Waals surface area contributed by atoms with Crippen LogP contribution in [0.25, 0.3) is 0 Å². The molecule has 0 radical (unpaired) electrons. The summed E-state index contributed by atoms with van der Waals surface area (Å²) in [5, 5.41) is 0. The molecule has 1 aromatic rings. The summed E-state index contributed by atoms with van der Waals surface area (Å²) in [4.78, 5) is 26.9. The third-order valence-electron chi connectivity index (χ3n) is 5.76. The first kappa shape index (κ1) is 20.8. The van der Waals surface area contributed by atoms with Crippen LogP contribution in [0.15, 0.2) is 29.2 Å². The molecule has 3 rings (SSSR count). The first-order chi connectivity index (χ1) is 13.3. The molecule has 0 unspecified atom stereocenters. The lowest BCUT2D eigenvalue weighted by Gasteiger charge is -2.44. The monoisotopic (exact) mass is 408 g/mol. The molecule has 1 amide bonds. The minimum atomic E-state index is -3.55. The molecule has 1 aromatic carbocycles. The van der Waals surface area contributed by atoms with Crippen molar-refractivity contribution in [1.82, 2.24) is 9.21 Å². The van der Waals surface area contributed by atoms with Crippen LogP contribution in [0.4, 0.5) is 0 Å². The van der Waals surface area contributed by atoms with E-state index >= 15 is 0 Å². The van der Waals surface area contributed by atoms with Crippen LogP contribution in [0.2, 0.25) is 0 Å². The molecule has 0 bridgehead atoms. The van der Waals surface area contributed by atoms with Crippen molar-refractivity contribution in [2.45, 2.75) is 49.5 Å². The summed E-state index contributed by atoms with van der Waals surface area (Å²) in [5.41, 5.74) is 0.222. The number of piperidine rings is 1. The van der Waals surface area contributed by atoms with Crippen molar-refractivity contribution in [3.8, 4) is 0 Å². The maximum Gasteiger partial charge on any atom is 0.338 e. The summed E-state index contributed by atoms with van der Waals surface area (Å²) >= 11 is 0. The van der Waals surface area contributed by atoms with E-state index < -0.39 is 16.0 Å². The second-order valence-corrected chi connectivity index (χ2v) is 9.88. The molecule has 8 heteroatoms. The second-order valence-electron chi connectivity index (χ2n) is 7.73. The van der Waals surface area contributed by atoms with Gasteiger partial charge in [-0.05, 0) is 55.9 Å². The van der Waals surface area contributed by atoms with Crippen molar-refractivity contribution < 1.29 is 22.7 Å². The highest BCUT2D eigenvalue weighted by Gasteiger charge is 2.35. The van der Waals surface area contributed by atoms with Gasteiger partial charge in [-0.15, -0.1) is 0 Å². The van der Waals surface area contributed by atoms with Crippen molar-refractivity contribution in [3.05, 3.63) is 29.8 Å². The zero-order valence-electron chi connectivity index (χ0n) is 16.5. The highest BCUT2D eigenvalue weighted by molar-refractivity contribution is 7.89. The zero-order valence-corrected chi connectivity index (χ0v) is 17.3.